The maximum atomic E-state index is 10.7. The van der Waals surface area contributed by atoms with E-state index in [-0.39, 0.29) is 17.9 Å². The SMILES string of the molecule is C#CCOc1ccc(C(N)=O)c(O)c1. The van der Waals surface area contributed by atoms with Crippen LogP contribution in [0.2, 0.25) is 0 Å². The van der Waals surface area contributed by atoms with Crippen LogP contribution in [-0.2, 0) is 0 Å². The molecular weight excluding hydrogens is 182 g/mol. The van der Waals surface area contributed by atoms with Crippen LogP contribution < -0.4 is 10.5 Å². The summed E-state index contributed by atoms with van der Waals surface area (Å²) < 4.78 is 5.02. The third-order valence-electron chi connectivity index (χ3n) is 1.56. The van der Waals surface area contributed by atoms with Crippen molar-refractivity contribution in [2.75, 3.05) is 6.61 Å². The van der Waals surface area contributed by atoms with Gasteiger partial charge in [-0.1, -0.05) is 5.92 Å². The largest absolute Gasteiger partial charge is 0.507 e. The Hall–Kier alpha value is -2.15. The fourth-order valence-corrected chi connectivity index (χ4v) is 0.935. The molecule has 1 aromatic carbocycles. The van der Waals surface area contributed by atoms with E-state index in [4.69, 9.17) is 16.9 Å². The van der Waals surface area contributed by atoms with Crippen molar-refractivity contribution in [2.24, 2.45) is 5.73 Å². The van der Waals surface area contributed by atoms with Gasteiger partial charge in [-0.3, -0.25) is 4.79 Å². The Morgan fingerprint density at radius 3 is 2.86 bits per heavy atom. The molecule has 3 N–H and O–H groups in total. The highest BCUT2D eigenvalue weighted by Gasteiger charge is 2.07. The minimum absolute atomic E-state index is 0.0538. The molecule has 14 heavy (non-hydrogen) atoms. The summed E-state index contributed by atoms with van der Waals surface area (Å²) in [5.41, 5.74) is 5.05. The van der Waals surface area contributed by atoms with Crippen LogP contribution in [0.4, 0.5) is 0 Å². The van der Waals surface area contributed by atoms with Crippen molar-refractivity contribution >= 4 is 5.91 Å². The van der Waals surface area contributed by atoms with E-state index >= 15 is 0 Å². The number of terminal acetylenes is 1. The molecule has 0 aliphatic heterocycles. The number of primary amides is 1. The van der Waals surface area contributed by atoms with Crippen LogP contribution >= 0.6 is 0 Å². The van der Waals surface area contributed by atoms with Crippen LogP contribution in [0, 0.1) is 12.3 Å². The quantitative estimate of drug-likeness (QED) is 0.683. The van der Waals surface area contributed by atoms with Gasteiger partial charge >= 0.3 is 0 Å². The Bertz CT molecular complexity index is 393. The standard InChI is InChI=1S/C10H9NO3/c1-2-5-14-7-3-4-8(10(11)13)9(12)6-7/h1,3-4,6,12H,5H2,(H2,11,13). The molecule has 0 bridgehead atoms. The van der Waals surface area contributed by atoms with Gasteiger partial charge in [0.05, 0.1) is 5.56 Å². The molecule has 4 nitrogen and oxygen atoms in total. The molecule has 0 saturated heterocycles. The zero-order chi connectivity index (χ0) is 10.6. The Balaban J connectivity index is 2.90. The van der Waals surface area contributed by atoms with E-state index in [0.29, 0.717) is 5.75 Å². The smallest absolute Gasteiger partial charge is 0.252 e. The fourth-order valence-electron chi connectivity index (χ4n) is 0.935. The third kappa shape index (κ3) is 2.17. The Morgan fingerprint density at radius 1 is 1.64 bits per heavy atom. The molecule has 0 spiro atoms. The number of phenols is 1. The molecule has 0 unspecified atom stereocenters. The molecule has 0 radical (unpaired) electrons. The first-order valence-corrected chi connectivity index (χ1v) is 3.84. The van der Waals surface area contributed by atoms with E-state index in [1.54, 1.807) is 0 Å². The zero-order valence-electron chi connectivity index (χ0n) is 7.36. The van der Waals surface area contributed by atoms with Gasteiger partial charge in [0.25, 0.3) is 5.91 Å². The van der Waals surface area contributed by atoms with Crippen LogP contribution in [0.15, 0.2) is 18.2 Å². The average Bonchev–Trinajstić information content (AvgIpc) is 2.14. The molecule has 1 amide bonds. The van der Waals surface area contributed by atoms with Crippen molar-refractivity contribution in [1.29, 1.82) is 0 Å². The predicted octanol–water partition coefficient (Wildman–Crippen LogP) is 0.503. The van der Waals surface area contributed by atoms with Gasteiger partial charge in [-0.25, -0.2) is 0 Å². The second-order valence-electron chi connectivity index (χ2n) is 2.54. The lowest BCUT2D eigenvalue weighted by molar-refractivity contribution is 0.0997. The molecule has 4 heteroatoms. The molecule has 0 heterocycles. The van der Waals surface area contributed by atoms with Crippen molar-refractivity contribution < 1.29 is 14.6 Å². The molecule has 0 fully saturated rings. The number of amides is 1. The van der Waals surface area contributed by atoms with E-state index < -0.39 is 5.91 Å². The number of benzene rings is 1. The van der Waals surface area contributed by atoms with Crippen molar-refractivity contribution in [2.45, 2.75) is 0 Å². The molecule has 1 rings (SSSR count). The van der Waals surface area contributed by atoms with Crippen molar-refractivity contribution in [3.63, 3.8) is 0 Å². The molecule has 0 aliphatic carbocycles. The monoisotopic (exact) mass is 191 g/mol. The first kappa shape index (κ1) is 9.93. The first-order chi connectivity index (χ1) is 6.65. The third-order valence-corrected chi connectivity index (χ3v) is 1.56. The Morgan fingerprint density at radius 2 is 2.36 bits per heavy atom. The van der Waals surface area contributed by atoms with E-state index in [0.717, 1.165) is 0 Å². The number of carbonyl (C=O) groups is 1. The van der Waals surface area contributed by atoms with Gasteiger partial charge < -0.3 is 15.6 Å². The number of hydrogen-bond acceptors (Lipinski definition) is 3. The second-order valence-corrected chi connectivity index (χ2v) is 2.54. The van der Waals surface area contributed by atoms with Crippen molar-refractivity contribution in [1.82, 2.24) is 0 Å². The van der Waals surface area contributed by atoms with E-state index in [1.165, 1.54) is 18.2 Å². The molecule has 0 atom stereocenters. The maximum Gasteiger partial charge on any atom is 0.252 e. The summed E-state index contributed by atoms with van der Waals surface area (Å²) in [5, 5.41) is 9.33. The van der Waals surface area contributed by atoms with Crippen LogP contribution in [0.25, 0.3) is 0 Å². The van der Waals surface area contributed by atoms with Gasteiger partial charge in [-0.05, 0) is 12.1 Å². The second kappa shape index (κ2) is 4.19. The van der Waals surface area contributed by atoms with Gasteiger partial charge in [0.2, 0.25) is 0 Å². The van der Waals surface area contributed by atoms with Gasteiger partial charge in [-0.15, -0.1) is 6.42 Å². The Labute approximate surface area is 81.3 Å². The highest BCUT2D eigenvalue weighted by atomic mass is 16.5. The van der Waals surface area contributed by atoms with E-state index in [9.17, 15) is 9.90 Å². The number of hydrogen-bond donors (Lipinski definition) is 2. The molecular formula is C10H9NO3. The minimum atomic E-state index is -0.689. The van der Waals surface area contributed by atoms with Crippen LogP contribution in [0.3, 0.4) is 0 Å². The predicted molar refractivity (Wildman–Crippen MR) is 51.0 cm³/mol. The highest BCUT2D eigenvalue weighted by Crippen LogP contribution is 2.22. The summed E-state index contributed by atoms with van der Waals surface area (Å²) in [4.78, 5) is 10.7. The van der Waals surface area contributed by atoms with E-state index in [1.807, 2.05) is 0 Å². The van der Waals surface area contributed by atoms with E-state index in [2.05, 4.69) is 5.92 Å². The van der Waals surface area contributed by atoms with Crippen LogP contribution in [0.5, 0.6) is 11.5 Å². The maximum absolute atomic E-state index is 10.7. The molecule has 0 aliphatic rings. The van der Waals surface area contributed by atoms with Gasteiger partial charge in [-0.2, -0.15) is 0 Å². The number of nitrogens with two attached hydrogens (primary N) is 1. The fraction of sp³-hybridized carbons (Fsp3) is 0.100. The lowest BCUT2D eigenvalue weighted by atomic mass is 10.2. The molecule has 0 aromatic heterocycles. The number of ether oxygens (including phenoxy) is 1. The minimum Gasteiger partial charge on any atom is -0.507 e. The highest BCUT2D eigenvalue weighted by molar-refractivity contribution is 5.95. The van der Waals surface area contributed by atoms with Crippen molar-refractivity contribution in [3.05, 3.63) is 23.8 Å². The Kier molecular flexibility index (Phi) is 2.97. The summed E-state index contributed by atoms with van der Waals surface area (Å²) in [6.07, 6.45) is 4.98. The van der Waals surface area contributed by atoms with Gasteiger partial charge in [0, 0.05) is 6.07 Å². The molecule has 72 valence electrons. The van der Waals surface area contributed by atoms with Gasteiger partial charge in [0.1, 0.15) is 18.1 Å². The lowest BCUT2D eigenvalue weighted by Gasteiger charge is -2.04. The number of aromatic hydroxyl groups is 1. The molecule has 0 saturated carbocycles. The van der Waals surface area contributed by atoms with Crippen LogP contribution in [0.1, 0.15) is 10.4 Å². The molecule has 1 aromatic rings. The van der Waals surface area contributed by atoms with Crippen LogP contribution in [-0.4, -0.2) is 17.6 Å². The summed E-state index contributed by atoms with van der Waals surface area (Å²) in [6, 6.07) is 4.18. The zero-order valence-corrected chi connectivity index (χ0v) is 7.36. The summed E-state index contributed by atoms with van der Waals surface area (Å²) in [6.45, 7) is 0.107. The number of carbonyl (C=O) groups excluding carboxylic acids is 1. The van der Waals surface area contributed by atoms with Gasteiger partial charge in [0.15, 0.2) is 0 Å². The summed E-state index contributed by atoms with van der Waals surface area (Å²) in [7, 11) is 0. The average molecular weight is 191 g/mol. The summed E-state index contributed by atoms with van der Waals surface area (Å²) in [5.74, 6) is 1.77. The normalized spacial score (nSPS) is 9.07. The number of rotatable bonds is 3. The van der Waals surface area contributed by atoms with Crippen molar-refractivity contribution in [3.8, 4) is 23.8 Å². The first-order valence-electron chi connectivity index (χ1n) is 3.84. The summed E-state index contributed by atoms with van der Waals surface area (Å²) >= 11 is 0. The lowest BCUT2D eigenvalue weighted by Crippen LogP contribution is -2.11. The topological polar surface area (TPSA) is 72.5 Å².